The van der Waals surface area contributed by atoms with Gasteiger partial charge in [-0.15, -0.1) is 0 Å². The van der Waals surface area contributed by atoms with Crippen LogP contribution < -0.4 is 0 Å². The average molecular weight is 253 g/mol. The molecule has 2 unspecified atom stereocenters. The molecule has 2 atom stereocenters. The first kappa shape index (κ1) is 10.9. The van der Waals surface area contributed by atoms with Crippen LogP contribution in [0, 0.1) is 18.3 Å². The van der Waals surface area contributed by atoms with E-state index in [1.54, 1.807) is 7.05 Å². The Morgan fingerprint density at radius 3 is 2.77 bits per heavy atom. The molecule has 3 nitrogen and oxygen atoms in total. The maximum absolute atomic E-state index is 11.4. The predicted octanol–water partition coefficient (Wildman–Crippen LogP) is 0.379. The molecule has 2 aliphatic rings. The Labute approximate surface area is 102 Å². The Morgan fingerprint density at radius 2 is 2.15 bits per heavy atom. The minimum absolute atomic E-state index is 0. The fourth-order valence-electron chi connectivity index (χ4n) is 1.79. The Balaban J connectivity index is 0.000000845. The molecule has 1 aliphatic heterocycles. The molecule has 0 bridgehead atoms. The molecule has 0 aromatic heterocycles. The van der Waals surface area contributed by atoms with Crippen LogP contribution in [0.2, 0.25) is 0 Å². The minimum atomic E-state index is -0.188. The predicted molar refractivity (Wildman–Crippen MR) is 42.8 cm³/mol. The van der Waals surface area contributed by atoms with Gasteiger partial charge in [0.15, 0.2) is 0 Å². The van der Waals surface area contributed by atoms with Crippen molar-refractivity contribution >= 4 is 11.8 Å². The summed E-state index contributed by atoms with van der Waals surface area (Å²) in [6.45, 7) is 0. The second-order valence-corrected chi connectivity index (χ2v) is 3.22. The standard InChI is InChI=1S/C9H10NO2.Y/c1-10-8(11)6-4-2-3-5-7(6)9(10)12;/h2-4,6-7H,5H2,1H3;/q-1;. The van der Waals surface area contributed by atoms with Crippen molar-refractivity contribution in [2.75, 3.05) is 7.05 Å². The van der Waals surface area contributed by atoms with E-state index in [0.717, 1.165) is 0 Å². The van der Waals surface area contributed by atoms with E-state index in [0.29, 0.717) is 6.42 Å². The van der Waals surface area contributed by atoms with E-state index in [1.165, 1.54) is 4.90 Å². The van der Waals surface area contributed by atoms with Crippen molar-refractivity contribution in [3.05, 3.63) is 18.6 Å². The van der Waals surface area contributed by atoms with Crippen molar-refractivity contribution in [2.24, 2.45) is 11.8 Å². The molecule has 2 rings (SSSR count). The molecule has 1 fully saturated rings. The van der Waals surface area contributed by atoms with Gasteiger partial charge in [-0.2, -0.15) is 0 Å². The van der Waals surface area contributed by atoms with E-state index in [-0.39, 0.29) is 56.4 Å². The molecule has 1 aliphatic carbocycles. The van der Waals surface area contributed by atoms with Crippen LogP contribution in [0.4, 0.5) is 0 Å². The van der Waals surface area contributed by atoms with Crippen LogP contribution in [-0.4, -0.2) is 23.8 Å². The molecule has 0 aromatic carbocycles. The number of hydrogen-bond donors (Lipinski definition) is 0. The second-order valence-electron chi connectivity index (χ2n) is 3.22. The van der Waals surface area contributed by atoms with Crippen LogP contribution in [0.3, 0.4) is 0 Å². The first-order valence-electron chi connectivity index (χ1n) is 4.03. The van der Waals surface area contributed by atoms with Crippen molar-refractivity contribution in [2.45, 2.75) is 6.42 Å². The first-order valence-corrected chi connectivity index (χ1v) is 4.03. The maximum Gasteiger partial charge on any atom is 0.230 e. The van der Waals surface area contributed by atoms with Crippen LogP contribution in [0.1, 0.15) is 6.42 Å². The Morgan fingerprint density at radius 1 is 1.46 bits per heavy atom. The molecule has 1 radical (unpaired) electrons. The number of carbonyl (C=O) groups excluding carboxylic acids is 2. The third kappa shape index (κ3) is 1.60. The molecular weight excluding hydrogens is 243 g/mol. The zero-order valence-corrected chi connectivity index (χ0v) is 10.3. The van der Waals surface area contributed by atoms with Crippen LogP contribution in [0.15, 0.2) is 12.2 Å². The number of hydrogen-bond acceptors (Lipinski definition) is 2. The van der Waals surface area contributed by atoms with E-state index in [2.05, 4.69) is 0 Å². The van der Waals surface area contributed by atoms with E-state index < -0.39 is 0 Å². The fraction of sp³-hybridized carbons (Fsp3) is 0.444. The number of likely N-dealkylation sites (tertiary alicyclic amines) is 1. The number of carbonyl (C=O) groups is 2. The zero-order valence-electron chi connectivity index (χ0n) is 7.43. The van der Waals surface area contributed by atoms with Crippen molar-refractivity contribution in [1.82, 2.24) is 4.90 Å². The molecular formula is C9H10NO2Y-. The minimum Gasteiger partial charge on any atom is -0.286 e. The Kier molecular flexibility index (Phi) is 3.30. The van der Waals surface area contributed by atoms with Crippen molar-refractivity contribution < 1.29 is 42.3 Å². The van der Waals surface area contributed by atoms with Crippen molar-refractivity contribution in [1.29, 1.82) is 0 Å². The van der Waals surface area contributed by atoms with Gasteiger partial charge in [0.1, 0.15) is 0 Å². The van der Waals surface area contributed by atoms with Gasteiger partial charge in [-0.05, 0) is 0 Å². The third-order valence-electron chi connectivity index (χ3n) is 2.54. The molecule has 1 heterocycles. The van der Waals surface area contributed by atoms with Gasteiger partial charge >= 0.3 is 0 Å². The summed E-state index contributed by atoms with van der Waals surface area (Å²) >= 11 is 0. The summed E-state index contributed by atoms with van der Waals surface area (Å²) in [5, 5.41) is 0. The van der Waals surface area contributed by atoms with E-state index in [1.807, 2.05) is 18.6 Å². The smallest absolute Gasteiger partial charge is 0.230 e. The quantitative estimate of drug-likeness (QED) is 0.462. The van der Waals surface area contributed by atoms with Crippen LogP contribution >= 0.6 is 0 Å². The topological polar surface area (TPSA) is 37.4 Å². The molecule has 2 amide bonds. The molecule has 13 heavy (non-hydrogen) atoms. The Bertz CT molecular complexity index is 249. The van der Waals surface area contributed by atoms with Gasteiger partial charge in [-0.1, -0.05) is 6.42 Å². The number of rotatable bonds is 0. The summed E-state index contributed by atoms with van der Waals surface area (Å²) < 4.78 is 0. The Hall–Kier alpha value is -0.146. The second kappa shape index (κ2) is 3.93. The van der Waals surface area contributed by atoms with Gasteiger partial charge in [0.25, 0.3) is 0 Å². The number of fused-ring (bicyclic) bond motifs is 1. The monoisotopic (exact) mass is 253 g/mol. The fourth-order valence-corrected chi connectivity index (χ4v) is 1.79. The van der Waals surface area contributed by atoms with E-state index >= 15 is 0 Å². The maximum atomic E-state index is 11.4. The SMILES string of the molecule is CN1C(=O)C2[CH-]C=CCC2C1=O.[Y]. The third-order valence-corrected chi connectivity index (χ3v) is 2.54. The molecule has 0 aromatic rings. The van der Waals surface area contributed by atoms with Crippen molar-refractivity contribution in [3.8, 4) is 0 Å². The van der Waals surface area contributed by atoms with Crippen LogP contribution in [0.5, 0.6) is 0 Å². The number of allylic oxidation sites excluding steroid dienone is 2. The number of nitrogens with zero attached hydrogens (tertiary/aromatic N) is 1. The molecule has 4 heteroatoms. The van der Waals surface area contributed by atoms with E-state index in [4.69, 9.17) is 0 Å². The first-order chi connectivity index (χ1) is 5.72. The zero-order chi connectivity index (χ0) is 8.72. The molecule has 0 saturated carbocycles. The molecule has 1 saturated heterocycles. The van der Waals surface area contributed by atoms with Gasteiger partial charge in [-0.3, -0.25) is 14.5 Å². The van der Waals surface area contributed by atoms with Crippen LogP contribution in [-0.2, 0) is 42.3 Å². The summed E-state index contributed by atoms with van der Waals surface area (Å²) in [5.74, 6) is -0.403. The molecule has 0 spiro atoms. The summed E-state index contributed by atoms with van der Waals surface area (Å²) in [6, 6.07) is 0. The van der Waals surface area contributed by atoms with Crippen LogP contribution in [0.25, 0.3) is 0 Å². The summed E-state index contributed by atoms with van der Waals surface area (Å²) in [5.41, 5.74) is 0. The van der Waals surface area contributed by atoms with Gasteiger partial charge in [-0.25, -0.2) is 18.6 Å². The summed E-state index contributed by atoms with van der Waals surface area (Å²) in [4.78, 5) is 24.0. The summed E-state index contributed by atoms with van der Waals surface area (Å²) in [7, 11) is 1.55. The normalized spacial score (nSPS) is 31.0. The number of imide groups is 1. The van der Waals surface area contributed by atoms with E-state index in [9.17, 15) is 9.59 Å². The number of amides is 2. The van der Waals surface area contributed by atoms with Gasteiger partial charge < -0.3 is 0 Å². The molecule has 0 N–H and O–H groups in total. The van der Waals surface area contributed by atoms with Gasteiger partial charge in [0, 0.05) is 51.6 Å². The summed E-state index contributed by atoms with van der Waals surface area (Å²) in [6.07, 6.45) is 6.32. The van der Waals surface area contributed by atoms with Crippen molar-refractivity contribution in [3.63, 3.8) is 0 Å². The van der Waals surface area contributed by atoms with Gasteiger partial charge in [0.2, 0.25) is 11.8 Å². The molecule has 67 valence electrons. The van der Waals surface area contributed by atoms with Gasteiger partial charge in [0.05, 0.1) is 0 Å². The average Bonchev–Trinajstić information content (AvgIpc) is 2.33. The largest absolute Gasteiger partial charge is 0.286 e.